The van der Waals surface area contributed by atoms with Crippen LogP contribution in [0.2, 0.25) is 0 Å². The van der Waals surface area contributed by atoms with Gasteiger partial charge in [0.05, 0.1) is 13.2 Å². The molecular weight excluding hydrogens is 426 g/mol. The number of nitrogens with one attached hydrogen (secondary N) is 2. The number of likely N-dealkylation sites (N-methyl/N-ethyl adjacent to an activating group) is 1. The van der Waals surface area contributed by atoms with Crippen molar-refractivity contribution in [3.63, 3.8) is 0 Å². The molecule has 33 heavy (non-hydrogen) atoms. The molecule has 1 aromatic heterocycles. The first kappa shape index (κ1) is 22.6. The quantitative estimate of drug-likeness (QED) is 0.655. The number of benzene rings is 1. The monoisotopic (exact) mass is 455 g/mol. The van der Waals surface area contributed by atoms with Crippen LogP contribution >= 0.6 is 0 Å². The first-order valence-electron chi connectivity index (χ1n) is 11.2. The smallest absolute Gasteiger partial charge is 0.329 e. The van der Waals surface area contributed by atoms with E-state index in [2.05, 4.69) is 10.3 Å². The van der Waals surface area contributed by atoms with Crippen molar-refractivity contribution in [3.05, 3.63) is 36.0 Å². The van der Waals surface area contributed by atoms with Crippen molar-refractivity contribution in [3.8, 4) is 0 Å². The summed E-state index contributed by atoms with van der Waals surface area (Å²) in [5.41, 5.74) is 1.83. The summed E-state index contributed by atoms with van der Waals surface area (Å²) in [5.74, 6) is -0.838. The van der Waals surface area contributed by atoms with Gasteiger partial charge in [0.25, 0.3) is 0 Å². The highest BCUT2D eigenvalue weighted by molar-refractivity contribution is 5.91. The fourth-order valence-electron chi connectivity index (χ4n) is 4.67. The van der Waals surface area contributed by atoms with Crippen molar-refractivity contribution in [1.29, 1.82) is 0 Å². The highest BCUT2D eigenvalue weighted by atomic mass is 16.5. The van der Waals surface area contributed by atoms with Gasteiger partial charge in [-0.25, -0.2) is 9.59 Å². The zero-order valence-electron chi connectivity index (χ0n) is 19.0. The van der Waals surface area contributed by atoms with E-state index in [1.54, 1.807) is 20.9 Å². The van der Waals surface area contributed by atoms with Crippen LogP contribution in [0.5, 0.6) is 0 Å². The normalized spacial score (nSPS) is 21.7. The summed E-state index contributed by atoms with van der Waals surface area (Å²) in [4.78, 5) is 58.7. The second-order valence-corrected chi connectivity index (χ2v) is 8.44. The summed E-state index contributed by atoms with van der Waals surface area (Å²) in [5, 5.41) is 3.79. The third-order valence-electron chi connectivity index (χ3n) is 6.35. The Morgan fingerprint density at radius 3 is 2.79 bits per heavy atom. The molecule has 2 aliphatic rings. The number of esters is 1. The number of urea groups is 1. The number of para-hydroxylation sites is 1. The molecule has 2 N–H and O–H groups in total. The molecule has 10 nitrogen and oxygen atoms in total. The number of nitrogens with zero attached hydrogens (tertiary/aromatic N) is 3. The van der Waals surface area contributed by atoms with Gasteiger partial charge >= 0.3 is 12.0 Å². The minimum absolute atomic E-state index is 0.123. The second kappa shape index (κ2) is 9.13. The van der Waals surface area contributed by atoms with E-state index < -0.39 is 30.2 Å². The number of hydrogen-bond acceptors (Lipinski definition) is 5. The van der Waals surface area contributed by atoms with Gasteiger partial charge in [-0.15, -0.1) is 0 Å². The Labute approximate surface area is 191 Å². The summed E-state index contributed by atoms with van der Waals surface area (Å²) in [6.45, 7) is 4.01. The number of piperazine rings is 1. The third kappa shape index (κ3) is 4.24. The average Bonchev–Trinajstić information content (AvgIpc) is 3.20. The lowest BCUT2D eigenvalue weighted by atomic mass is 10.0. The lowest BCUT2D eigenvalue weighted by Gasteiger charge is -2.50. The Morgan fingerprint density at radius 1 is 1.27 bits per heavy atom. The van der Waals surface area contributed by atoms with Crippen molar-refractivity contribution in [2.24, 2.45) is 0 Å². The largest absolute Gasteiger partial charge is 0.464 e. The summed E-state index contributed by atoms with van der Waals surface area (Å²) >= 11 is 0. The van der Waals surface area contributed by atoms with Crippen LogP contribution in [0.4, 0.5) is 4.79 Å². The minimum Gasteiger partial charge on any atom is -0.464 e. The standard InChI is InChI=1S/C23H29N5O5/c1-4-33-22(31)18(11-15-12-24-17-8-6-5-7-16(15)17)25-23(32)27-10-9-20(29)28-14(2)21(30)26(3)13-19(27)28/h5-8,12,14,18-19,24H,4,9-11,13H2,1-3H3,(H,25,32)/t14-,18-,19-/m0/s1. The van der Waals surface area contributed by atoms with Gasteiger partial charge < -0.3 is 29.7 Å². The number of H-pyrrole nitrogens is 1. The number of amides is 4. The molecule has 0 aliphatic carbocycles. The van der Waals surface area contributed by atoms with Gasteiger partial charge in [0.15, 0.2) is 0 Å². The van der Waals surface area contributed by atoms with Crippen molar-refractivity contribution in [1.82, 2.24) is 25.0 Å². The van der Waals surface area contributed by atoms with E-state index in [-0.39, 0.29) is 44.4 Å². The number of hydrogen-bond donors (Lipinski definition) is 2. The molecule has 3 atom stereocenters. The molecule has 0 bridgehead atoms. The number of aromatic nitrogens is 1. The zero-order chi connectivity index (χ0) is 23.7. The molecule has 4 amide bonds. The maximum absolute atomic E-state index is 13.3. The summed E-state index contributed by atoms with van der Waals surface area (Å²) in [7, 11) is 1.66. The lowest BCUT2D eigenvalue weighted by Crippen LogP contribution is -2.71. The fraction of sp³-hybridized carbons (Fsp3) is 0.478. The van der Waals surface area contributed by atoms with Crippen LogP contribution in [-0.2, 0) is 25.5 Å². The van der Waals surface area contributed by atoms with Crippen LogP contribution in [-0.4, -0.2) is 88.5 Å². The van der Waals surface area contributed by atoms with Crippen LogP contribution in [0.25, 0.3) is 10.9 Å². The van der Waals surface area contributed by atoms with Gasteiger partial charge in [0.2, 0.25) is 11.8 Å². The zero-order valence-corrected chi connectivity index (χ0v) is 19.0. The van der Waals surface area contributed by atoms with Crippen LogP contribution < -0.4 is 5.32 Å². The minimum atomic E-state index is -0.900. The Morgan fingerprint density at radius 2 is 2.03 bits per heavy atom. The molecule has 10 heteroatoms. The number of carbonyl (C=O) groups is 4. The highest BCUT2D eigenvalue weighted by Crippen LogP contribution is 2.25. The molecule has 4 rings (SSSR count). The summed E-state index contributed by atoms with van der Waals surface area (Å²) < 4.78 is 5.23. The average molecular weight is 456 g/mol. The summed E-state index contributed by atoms with van der Waals surface area (Å²) in [6, 6.07) is 5.72. The second-order valence-electron chi connectivity index (χ2n) is 8.44. The third-order valence-corrected chi connectivity index (χ3v) is 6.35. The van der Waals surface area contributed by atoms with Gasteiger partial charge in [-0.05, 0) is 25.5 Å². The van der Waals surface area contributed by atoms with E-state index in [0.29, 0.717) is 0 Å². The molecule has 2 fully saturated rings. The molecule has 1 aromatic carbocycles. The molecule has 0 radical (unpaired) electrons. The topological polar surface area (TPSA) is 115 Å². The number of carbonyl (C=O) groups excluding carboxylic acids is 4. The van der Waals surface area contributed by atoms with E-state index in [4.69, 9.17) is 4.74 Å². The van der Waals surface area contributed by atoms with Crippen molar-refractivity contribution < 1.29 is 23.9 Å². The van der Waals surface area contributed by atoms with Crippen LogP contribution in [0, 0.1) is 0 Å². The fourth-order valence-corrected chi connectivity index (χ4v) is 4.67. The molecule has 2 saturated heterocycles. The van der Waals surface area contributed by atoms with Crippen LogP contribution in [0.1, 0.15) is 25.8 Å². The predicted octanol–water partition coefficient (Wildman–Crippen LogP) is 1.07. The van der Waals surface area contributed by atoms with Gasteiger partial charge in [0.1, 0.15) is 18.2 Å². The molecule has 176 valence electrons. The Hall–Kier alpha value is -3.56. The van der Waals surface area contributed by atoms with E-state index in [9.17, 15) is 19.2 Å². The van der Waals surface area contributed by atoms with Crippen LogP contribution in [0.15, 0.2) is 30.5 Å². The highest BCUT2D eigenvalue weighted by Gasteiger charge is 2.46. The predicted molar refractivity (Wildman–Crippen MR) is 120 cm³/mol. The molecule has 0 saturated carbocycles. The SMILES string of the molecule is CCOC(=O)[C@H](Cc1c[nH]c2ccccc12)NC(=O)N1CCC(=O)N2[C@@H](C)C(=O)N(C)C[C@@H]12. The number of aromatic amines is 1. The first-order chi connectivity index (χ1) is 15.8. The Kier molecular flexibility index (Phi) is 6.26. The maximum atomic E-state index is 13.3. The number of ether oxygens (including phenoxy) is 1. The summed E-state index contributed by atoms with van der Waals surface area (Å²) in [6.07, 6.45) is 1.62. The molecule has 0 unspecified atom stereocenters. The maximum Gasteiger partial charge on any atom is 0.329 e. The first-order valence-corrected chi connectivity index (χ1v) is 11.2. The number of rotatable bonds is 5. The van der Waals surface area contributed by atoms with E-state index >= 15 is 0 Å². The van der Waals surface area contributed by atoms with E-state index in [1.807, 2.05) is 30.5 Å². The van der Waals surface area contributed by atoms with Gasteiger partial charge in [-0.3, -0.25) is 9.59 Å². The van der Waals surface area contributed by atoms with E-state index in [1.165, 1.54) is 14.7 Å². The van der Waals surface area contributed by atoms with E-state index in [0.717, 1.165) is 16.5 Å². The Balaban J connectivity index is 1.55. The Bertz CT molecular complexity index is 1080. The van der Waals surface area contributed by atoms with Crippen molar-refractivity contribution >= 4 is 34.7 Å². The van der Waals surface area contributed by atoms with Crippen molar-refractivity contribution in [2.75, 3.05) is 26.7 Å². The van der Waals surface area contributed by atoms with Crippen molar-refractivity contribution in [2.45, 2.75) is 44.9 Å². The van der Waals surface area contributed by atoms with Gasteiger partial charge in [0, 0.05) is 43.5 Å². The molecular formula is C23H29N5O5. The van der Waals surface area contributed by atoms with Gasteiger partial charge in [-0.2, -0.15) is 0 Å². The van der Waals surface area contributed by atoms with Gasteiger partial charge in [-0.1, -0.05) is 18.2 Å². The molecule has 3 heterocycles. The van der Waals surface area contributed by atoms with Crippen LogP contribution in [0.3, 0.4) is 0 Å². The molecule has 0 spiro atoms. The molecule has 2 aliphatic heterocycles. The number of fused-ring (bicyclic) bond motifs is 2. The lowest BCUT2D eigenvalue weighted by molar-refractivity contribution is -0.164. The molecule has 2 aromatic rings.